The fraction of sp³-hybridized carbons (Fsp3) is 0.536. The van der Waals surface area contributed by atoms with Crippen LogP contribution >= 0.6 is 0 Å². The van der Waals surface area contributed by atoms with Crippen molar-refractivity contribution < 1.29 is 18.3 Å². The van der Waals surface area contributed by atoms with Crippen molar-refractivity contribution in [3.63, 3.8) is 0 Å². The normalized spacial score (nSPS) is 18.0. The zero-order valence-corrected chi connectivity index (χ0v) is 19.6. The number of hydrogen-bond donors (Lipinski definition) is 0. The van der Waals surface area contributed by atoms with Crippen LogP contribution in [0.3, 0.4) is 0 Å². The lowest BCUT2D eigenvalue weighted by Gasteiger charge is -2.29. The molecule has 0 atom stereocenters. The van der Waals surface area contributed by atoms with Crippen molar-refractivity contribution in [3.8, 4) is 17.6 Å². The quantitative estimate of drug-likeness (QED) is 0.305. The summed E-state index contributed by atoms with van der Waals surface area (Å²) < 4.78 is 39.2. The third kappa shape index (κ3) is 7.45. The number of nitrogens with zero attached hydrogens (tertiary/aromatic N) is 1. The fourth-order valence-corrected chi connectivity index (χ4v) is 4.51. The van der Waals surface area contributed by atoms with Crippen LogP contribution in [0.2, 0.25) is 0 Å². The van der Waals surface area contributed by atoms with Crippen LogP contribution < -0.4 is 9.47 Å². The average molecular weight is 456 g/mol. The van der Waals surface area contributed by atoms with Crippen LogP contribution in [0.4, 0.5) is 8.78 Å². The van der Waals surface area contributed by atoms with Gasteiger partial charge in [-0.15, -0.1) is 0 Å². The van der Waals surface area contributed by atoms with Gasteiger partial charge in [0.05, 0.1) is 18.8 Å². The second-order valence-corrected chi connectivity index (χ2v) is 9.06. The van der Waals surface area contributed by atoms with Gasteiger partial charge in [0.2, 0.25) is 5.82 Å². The maximum absolute atomic E-state index is 14.0. The number of benzene rings is 2. The Morgan fingerprint density at radius 2 is 1.55 bits per heavy atom. The van der Waals surface area contributed by atoms with Crippen molar-refractivity contribution in [1.82, 2.24) is 0 Å². The number of rotatable bonds is 12. The molecule has 178 valence electrons. The molecule has 3 nitrogen and oxygen atoms in total. The van der Waals surface area contributed by atoms with Crippen LogP contribution in [-0.2, 0) is 0 Å². The van der Waals surface area contributed by atoms with Gasteiger partial charge in [-0.2, -0.15) is 9.65 Å². The van der Waals surface area contributed by atoms with Crippen LogP contribution in [0.5, 0.6) is 11.5 Å². The van der Waals surface area contributed by atoms with Crippen molar-refractivity contribution in [1.29, 1.82) is 5.26 Å². The highest BCUT2D eigenvalue weighted by atomic mass is 19.2. The monoisotopic (exact) mass is 455 g/mol. The second-order valence-electron chi connectivity index (χ2n) is 9.06. The summed E-state index contributed by atoms with van der Waals surface area (Å²) in [6, 6.07) is 12.7. The minimum atomic E-state index is -1.14. The van der Waals surface area contributed by atoms with E-state index in [1.54, 1.807) is 6.07 Å². The van der Waals surface area contributed by atoms with Crippen molar-refractivity contribution in [2.24, 2.45) is 5.92 Å². The van der Waals surface area contributed by atoms with Crippen molar-refractivity contribution in [2.45, 2.75) is 77.0 Å². The van der Waals surface area contributed by atoms with Gasteiger partial charge < -0.3 is 9.47 Å². The molecule has 2 aromatic rings. The number of nitriles is 1. The van der Waals surface area contributed by atoms with E-state index in [2.05, 4.69) is 31.2 Å². The van der Waals surface area contributed by atoms with Gasteiger partial charge in [-0.3, -0.25) is 0 Å². The number of unbranched alkanes of at least 4 members (excludes halogenated alkanes) is 5. The lowest BCUT2D eigenvalue weighted by molar-refractivity contribution is 0.192. The van der Waals surface area contributed by atoms with Gasteiger partial charge in [-0.05, 0) is 73.8 Å². The predicted octanol–water partition coefficient (Wildman–Crippen LogP) is 7.93. The summed E-state index contributed by atoms with van der Waals surface area (Å²) in [5, 5.41) is 8.78. The first-order valence-electron chi connectivity index (χ1n) is 12.4. The summed E-state index contributed by atoms with van der Waals surface area (Å²) in [5.41, 5.74) is 1.03. The zero-order chi connectivity index (χ0) is 23.5. The molecule has 0 amide bonds. The Bertz CT molecular complexity index is 899. The SMILES string of the molecule is CCCCCCCCOc1ccc(C2CCC(COc3ccc(C#N)c(F)c3F)CC2)cc1. The predicted molar refractivity (Wildman–Crippen MR) is 127 cm³/mol. The molecule has 1 aliphatic carbocycles. The van der Waals surface area contributed by atoms with Crippen LogP contribution in [0.25, 0.3) is 0 Å². The highest BCUT2D eigenvalue weighted by molar-refractivity contribution is 5.37. The van der Waals surface area contributed by atoms with E-state index in [1.165, 1.54) is 49.8 Å². The zero-order valence-electron chi connectivity index (χ0n) is 19.6. The summed E-state index contributed by atoms with van der Waals surface area (Å²) in [6.45, 7) is 3.37. The lowest BCUT2D eigenvalue weighted by atomic mass is 9.79. The first kappa shape index (κ1) is 25.0. The molecule has 0 bridgehead atoms. The minimum Gasteiger partial charge on any atom is -0.494 e. The molecular formula is C28H35F2NO2. The Hall–Kier alpha value is -2.61. The van der Waals surface area contributed by atoms with Gasteiger partial charge in [-0.25, -0.2) is 4.39 Å². The fourth-order valence-electron chi connectivity index (χ4n) is 4.51. The minimum absolute atomic E-state index is 0.120. The third-order valence-electron chi connectivity index (χ3n) is 6.61. The highest BCUT2D eigenvalue weighted by Crippen LogP contribution is 2.37. The standard InChI is InChI=1S/C28H35F2NO2/c1-2-3-4-5-6-7-18-32-25-15-12-23(13-16-25)22-10-8-21(9-11-22)20-33-26-17-14-24(19-31)27(29)28(26)30/h12-17,21-22H,2-11,18,20H2,1H3. The maximum atomic E-state index is 14.0. The summed E-state index contributed by atoms with van der Waals surface area (Å²) >= 11 is 0. The van der Waals surface area contributed by atoms with Crippen molar-refractivity contribution in [3.05, 3.63) is 59.2 Å². The molecule has 2 aromatic carbocycles. The topological polar surface area (TPSA) is 42.2 Å². The van der Waals surface area contributed by atoms with Crippen LogP contribution in [0.1, 0.15) is 88.2 Å². The van der Waals surface area contributed by atoms with Crippen LogP contribution in [0.15, 0.2) is 36.4 Å². The van der Waals surface area contributed by atoms with E-state index < -0.39 is 11.6 Å². The van der Waals surface area contributed by atoms with E-state index in [9.17, 15) is 8.78 Å². The maximum Gasteiger partial charge on any atom is 0.201 e. The molecule has 0 spiro atoms. The molecule has 1 saturated carbocycles. The Kier molecular flexibility index (Phi) is 10.00. The number of ether oxygens (including phenoxy) is 2. The molecule has 5 heteroatoms. The Morgan fingerprint density at radius 1 is 0.848 bits per heavy atom. The van der Waals surface area contributed by atoms with Gasteiger partial charge in [0.1, 0.15) is 11.8 Å². The van der Waals surface area contributed by atoms with Crippen molar-refractivity contribution >= 4 is 0 Å². The van der Waals surface area contributed by atoms with Gasteiger partial charge in [0.15, 0.2) is 11.6 Å². The van der Waals surface area contributed by atoms with Gasteiger partial charge in [0, 0.05) is 0 Å². The molecule has 0 unspecified atom stereocenters. The molecule has 0 aromatic heterocycles. The molecule has 0 aliphatic heterocycles. The van der Waals surface area contributed by atoms with E-state index >= 15 is 0 Å². The van der Waals surface area contributed by atoms with E-state index in [-0.39, 0.29) is 11.3 Å². The molecule has 1 fully saturated rings. The molecule has 0 heterocycles. The van der Waals surface area contributed by atoms with Gasteiger partial charge >= 0.3 is 0 Å². The molecule has 0 saturated heterocycles. The number of halogens is 2. The average Bonchev–Trinajstić information content (AvgIpc) is 2.85. The molecule has 1 aliphatic rings. The summed E-state index contributed by atoms with van der Waals surface area (Å²) in [6.07, 6.45) is 11.6. The summed E-state index contributed by atoms with van der Waals surface area (Å²) in [4.78, 5) is 0. The smallest absolute Gasteiger partial charge is 0.201 e. The van der Waals surface area contributed by atoms with E-state index in [4.69, 9.17) is 14.7 Å². The Balaban J connectivity index is 1.37. The van der Waals surface area contributed by atoms with Gasteiger partial charge in [0.25, 0.3) is 0 Å². The van der Waals surface area contributed by atoms with Crippen LogP contribution in [-0.4, -0.2) is 13.2 Å². The summed E-state index contributed by atoms with van der Waals surface area (Å²) in [7, 11) is 0. The van der Waals surface area contributed by atoms with Crippen molar-refractivity contribution in [2.75, 3.05) is 13.2 Å². The van der Waals surface area contributed by atoms with E-state index in [1.807, 2.05) is 0 Å². The van der Waals surface area contributed by atoms with Crippen LogP contribution in [0, 0.1) is 28.9 Å². The molecule has 3 rings (SSSR count). The summed E-state index contributed by atoms with van der Waals surface area (Å²) in [5.74, 6) is -0.576. The Morgan fingerprint density at radius 3 is 2.24 bits per heavy atom. The Labute approximate surface area is 196 Å². The lowest BCUT2D eigenvalue weighted by Crippen LogP contribution is -2.19. The first-order chi connectivity index (χ1) is 16.1. The molecular weight excluding hydrogens is 420 g/mol. The molecule has 0 N–H and O–H groups in total. The largest absolute Gasteiger partial charge is 0.494 e. The molecule has 0 radical (unpaired) electrons. The third-order valence-corrected chi connectivity index (χ3v) is 6.61. The van der Waals surface area contributed by atoms with E-state index in [0.717, 1.165) is 44.5 Å². The first-order valence-corrected chi connectivity index (χ1v) is 12.4. The highest BCUT2D eigenvalue weighted by Gasteiger charge is 2.24. The second kappa shape index (κ2) is 13.2. The number of hydrogen-bond acceptors (Lipinski definition) is 3. The molecule has 33 heavy (non-hydrogen) atoms. The van der Waals surface area contributed by atoms with Gasteiger partial charge in [-0.1, -0.05) is 51.2 Å². The van der Waals surface area contributed by atoms with E-state index in [0.29, 0.717) is 18.4 Å².